The van der Waals surface area contributed by atoms with Crippen molar-refractivity contribution in [2.45, 2.75) is 53.0 Å². The molecule has 0 spiro atoms. The van der Waals surface area contributed by atoms with Crippen LogP contribution in [0.2, 0.25) is 0 Å². The first-order valence-corrected chi connectivity index (χ1v) is 5.15. The van der Waals surface area contributed by atoms with E-state index in [2.05, 4.69) is 39.9 Å². The van der Waals surface area contributed by atoms with E-state index in [9.17, 15) is 0 Å². The van der Waals surface area contributed by atoms with Crippen molar-refractivity contribution in [1.82, 2.24) is 5.32 Å². The molecule has 1 atom stereocenters. The molecule has 0 aromatic carbocycles. The summed E-state index contributed by atoms with van der Waals surface area (Å²) < 4.78 is 0. The van der Waals surface area contributed by atoms with Crippen LogP contribution in [0.5, 0.6) is 0 Å². The molecule has 1 aliphatic rings. The summed E-state index contributed by atoms with van der Waals surface area (Å²) in [6, 6.07) is 0. The van der Waals surface area contributed by atoms with E-state index < -0.39 is 0 Å². The highest BCUT2D eigenvalue weighted by atomic mass is 15.0. The molecule has 0 saturated carbocycles. The lowest BCUT2D eigenvalue weighted by Crippen LogP contribution is -2.54. The minimum absolute atomic E-state index is 0.382. The summed E-state index contributed by atoms with van der Waals surface area (Å²) in [5.41, 5.74) is 0.769. The van der Waals surface area contributed by atoms with E-state index in [1.807, 2.05) is 0 Å². The molecule has 1 saturated heterocycles. The molecule has 1 nitrogen and oxygen atoms in total. The van der Waals surface area contributed by atoms with E-state index in [1.165, 1.54) is 19.4 Å². The van der Waals surface area contributed by atoms with E-state index in [0.717, 1.165) is 5.92 Å². The Bertz CT molecular complexity index is 147. The van der Waals surface area contributed by atoms with E-state index in [4.69, 9.17) is 0 Å². The maximum absolute atomic E-state index is 3.71. The van der Waals surface area contributed by atoms with Crippen molar-refractivity contribution < 1.29 is 0 Å². The van der Waals surface area contributed by atoms with Crippen molar-refractivity contribution in [3.63, 3.8) is 0 Å². The molecule has 0 bridgehead atoms. The standard InChI is InChI=1S/C11H23N/c1-9(2)11(10(3,4)5)7-6-8-12-11/h9,12H,6-8H2,1-5H3. The summed E-state index contributed by atoms with van der Waals surface area (Å²) in [4.78, 5) is 0. The van der Waals surface area contributed by atoms with Gasteiger partial charge in [0.1, 0.15) is 0 Å². The molecule has 1 N–H and O–H groups in total. The fraction of sp³-hybridized carbons (Fsp3) is 1.00. The molecule has 0 aliphatic carbocycles. The van der Waals surface area contributed by atoms with Gasteiger partial charge in [-0.1, -0.05) is 34.6 Å². The van der Waals surface area contributed by atoms with Gasteiger partial charge in [-0.25, -0.2) is 0 Å². The third-order valence-corrected chi connectivity index (χ3v) is 3.51. The second-order valence-corrected chi connectivity index (χ2v) is 5.41. The van der Waals surface area contributed by atoms with Crippen LogP contribution in [0.3, 0.4) is 0 Å². The minimum Gasteiger partial charge on any atom is -0.310 e. The van der Waals surface area contributed by atoms with Gasteiger partial charge in [-0.15, -0.1) is 0 Å². The van der Waals surface area contributed by atoms with Crippen molar-refractivity contribution in [3.8, 4) is 0 Å². The maximum Gasteiger partial charge on any atom is 0.0253 e. The van der Waals surface area contributed by atoms with Crippen LogP contribution in [0.4, 0.5) is 0 Å². The molecule has 1 heterocycles. The number of hydrogen-bond acceptors (Lipinski definition) is 1. The van der Waals surface area contributed by atoms with Crippen LogP contribution in [0.25, 0.3) is 0 Å². The lowest BCUT2D eigenvalue weighted by atomic mass is 9.66. The molecule has 0 radical (unpaired) electrons. The SMILES string of the molecule is CC(C)C1(C(C)(C)C)CCCN1. The van der Waals surface area contributed by atoms with Gasteiger partial charge in [0.05, 0.1) is 0 Å². The fourth-order valence-electron chi connectivity index (χ4n) is 2.77. The summed E-state index contributed by atoms with van der Waals surface area (Å²) in [6.45, 7) is 12.9. The minimum atomic E-state index is 0.382. The molecule has 12 heavy (non-hydrogen) atoms. The van der Waals surface area contributed by atoms with Gasteiger partial charge in [0.2, 0.25) is 0 Å². The summed E-state index contributed by atoms with van der Waals surface area (Å²) in [5, 5.41) is 3.71. The molecule has 1 aliphatic heterocycles. The number of rotatable bonds is 1. The van der Waals surface area contributed by atoms with E-state index in [1.54, 1.807) is 0 Å². The first kappa shape index (κ1) is 10.0. The van der Waals surface area contributed by atoms with E-state index >= 15 is 0 Å². The van der Waals surface area contributed by atoms with Crippen molar-refractivity contribution in [2.24, 2.45) is 11.3 Å². The van der Waals surface area contributed by atoms with Crippen LogP contribution in [-0.2, 0) is 0 Å². The van der Waals surface area contributed by atoms with Gasteiger partial charge in [0.15, 0.2) is 0 Å². The Kier molecular flexibility index (Phi) is 2.53. The first-order chi connectivity index (χ1) is 5.40. The van der Waals surface area contributed by atoms with Crippen LogP contribution in [0, 0.1) is 11.3 Å². The topological polar surface area (TPSA) is 12.0 Å². The van der Waals surface area contributed by atoms with Gasteiger partial charge in [0, 0.05) is 5.54 Å². The zero-order valence-corrected chi connectivity index (χ0v) is 9.20. The highest BCUT2D eigenvalue weighted by molar-refractivity contribution is 5.03. The molecule has 1 rings (SSSR count). The largest absolute Gasteiger partial charge is 0.310 e. The molecule has 0 aromatic rings. The van der Waals surface area contributed by atoms with E-state index in [0.29, 0.717) is 11.0 Å². The van der Waals surface area contributed by atoms with Crippen LogP contribution in [0.1, 0.15) is 47.5 Å². The summed E-state index contributed by atoms with van der Waals surface area (Å²) >= 11 is 0. The van der Waals surface area contributed by atoms with Crippen molar-refractivity contribution in [1.29, 1.82) is 0 Å². The van der Waals surface area contributed by atoms with Gasteiger partial charge in [-0.05, 0) is 30.7 Å². The lowest BCUT2D eigenvalue weighted by Gasteiger charge is -2.45. The van der Waals surface area contributed by atoms with E-state index in [-0.39, 0.29) is 0 Å². The van der Waals surface area contributed by atoms with Crippen LogP contribution in [0.15, 0.2) is 0 Å². The zero-order chi connectivity index (χ0) is 9.41. The smallest absolute Gasteiger partial charge is 0.0253 e. The summed E-state index contributed by atoms with van der Waals surface area (Å²) in [7, 11) is 0. The molecule has 0 aromatic heterocycles. The quantitative estimate of drug-likeness (QED) is 0.636. The summed E-state index contributed by atoms with van der Waals surface area (Å²) in [6.07, 6.45) is 2.68. The van der Waals surface area contributed by atoms with Gasteiger partial charge in [-0.3, -0.25) is 0 Å². The molecular weight excluding hydrogens is 146 g/mol. The Morgan fingerprint density at radius 1 is 1.25 bits per heavy atom. The normalized spacial score (nSPS) is 31.5. The average molecular weight is 169 g/mol. The van der Waals surface area contributed by atoms with Crippen molar-refractivity contribution >= 4 is 0 Å². The van der Waals surface area contributed by atoms with Crippen LogP contribution < -0.4 is 5.32 Å². The van der Waals surface area contributed by atoms with Crippen LogP contribution in [-0.4, -0.2) is 12.1 Å². The van der Waals surface area contributed by atoms with Crippen molar-refractivity contribution in [3.05, 3.63) is 0 Å². The van der Waals surface area contributed by atoms with Gasteiger partial charge in [0.25, 0.3) is 0 Å². The average Bonchev–Trinajstić information content (AvgIpc) is 2.31. The van der Waals surface area contributed by atoms with Gasteiger partial charge >= 0.3 is 0 Å². The van der Waals surface area contributed by atoms with Crippen molar-refractivity contribution in [2.75, 3.05) is 6.54 Å². The molecular formula is C11H23N. The Morgan fingerprint density at radius 2 is 1.83 bits per heavy atom. The molecule has 72 valence electrons. The summed E-state index contributed by atoms with van der Waals surface area (Å²) in [5.74, 6) is 0.736. The second kappa shape index (κ2) is 3.02. The Balaban J connectivity index is 2.87. The Hall–Kier alpha value is -0.0400. The Labute approximate surface area is 76.9 Å². The lowest BCUT2D eigenvalue weighted by molar-refractivity contribution is 0.105. The third-order valence-electron chi connectivity index (χ3n) is 3.51. The second-order valence-electron chi connectivity index (χ2n) is 5.41. The number of nitrogens with one attached hydrogen (secondary N) is 1. The monoisotopic (exact) mass is 169 g/mol. The Morgan fingerprint density at radius 3 is 2.00 bits per heavy atom. The van der Waals surface area contributed by atoms with Gasteiger partial charge < -0.3 is 5.32 Å². The van der Waals surface area contributed by atoms with Gasteiger partial charge in [-0.2, -0.15) is 0 Å². The zero-order valence-electron chi connectivity index (χ0n) is 9.20. The fourth-order valence-corrected chi connectivity index (χ4v) is 2.77. The molecule has 1 unspecified atom stereocenters. The molecule has 1 fully saturated rings. The maximum atomic E-state index is 3.71. The predicted molar refractivity (Wildman–Crippen MR) is 54.3 cm³/mol. The molecule has 1 heteroatoms. The predicted octanol–water partition coefficient (Wildman–Crippen LogP) is 2.81. The number of hydrogen-bond donors (Lipinski definition) is 1. The van der Waals surface area contributed by atoms with Crippen LogP contribution >= 0.6 is 0 Å². The highest BCUT2D eigenvalue weighted by Crippen LogP contribution is 2.42. The third kappa shape index (κ3) is 1.39. The first-order valence-electron chi connectivity index (χ1n) is 5.15. The highest BCUT2D eigenvalue weighted by Gasteiger charge is 2.45. The molecule has 0 amide bonds.